The van der Waals surface area contributed by atoms with Gasteiger partial charge in [-0.1, -0.05) is 66.7 Å². The number of carboxylic acid groups (broad SMARTS) is 1. The molecule has 4 nitrogen and oxygen atoms in total. The van der Waals surface area contributed by atoms with Gasteiger partial charge in [-0.3, -0.25) is 9.59 Å². The molecule has 1 atom stereocenters. The Labute approximate surface area is 182 Å². The van der Waals surface area contributed by atoms with E-state index in [0.717, 1.165) is 24.8 Å². The van der Waals surface area contributed by atoms with Crippen molar-refractivity contribution in [2.75, 3.05) is 0 Å². The summed E-state index contributed by atoms with van der Waals surface area (Å²) >= 11 is 0. The van der Waals surface area contributed by atoms with Crippen LogP contribution >= 0.6 is 0 Å². The molecule has 31 heavy (non-hydrogen) atoms. The van der Waals surface area contributed by atoms with Crippen molar-refractivity contribution in [1.82, 2.24) is 5.32 Å². The van der Waals surface area contributed by atoms with E-state index < -0.39 is 5.97 Å². The molecule has 3 aromatic rings. The van der Waals surface area contributed by atoms with E-state index in [1.165, 1.54) is 33.4 Å². The lowest BCUT2D eigenvalue weighted by Gasteiger charge is -2.31. The maximum atomic E-state index is 12.0. The predicted octanol–water partition coefficient (Wildman–Crippen LogP) is 4.62. The van der Waals surface area contributed by atoms with Crippen LogP contribution in [0.1, 0.15) is 58.3 Å². The minimum absolute atomic E-state index is 0.0283. The van der Waals surface area contributed by atoms with Gasteiger partial charge in [0.05, 0.1) is 6.04 Å². The molecule has 1 aliphatic carbocycles. The highest BCUT2D eigenvalue weighted by molar-refractivity contribution is 5.75. The highest BCUT2D eigenvalue weighted by Crippen LogP contribution is 2.37. The highest BCUT2D eigenvalue weighted by Gasteiger charge is 2.27. The average molecular weight is 414 g/mol. The third-order valence-corrected chi connectivity index (χ3v) is 6.00. The van der Waals surface area contributed by atoms with Crippen LogP contribution in [0.3, 0.4) is 0 Å². The number of rotatable bonds is 7. The molecule has 0 heterocycles. The summed E-state index contributed by atoms with van der Waals surface area (Å²) in [5, 5.41) is 12.0. The second-order valence-electron chi connectivity index (χ2n) is 8.21. The van der Waals surface area contributed by atoms with E-state index in [1.54, 1.807) is 6.92 Å². The molecule has 158 valence electrons. The summed E-state index contributed by atoms with van der Waals surface area (Å²) in [6, 6.07) is 22.9. The number of amides is 1. The molecule has 0 saturated heterocycles. The van der Waals surface area contributed by atoms with E-state index in [9.17, 15) is 9.59 Å². The summed E-state index contributed by atoms with van der Waals surface area (Å²) in [6.07, 6.45) is 3.37. The van der Waals surface area contributed by atoms with Gasteiger partial charge in [0, 0.05) is 13.3 Å². The van der Waals surface area contributed by atoms with E-state index in [1.807, 2.05) is 18.2 Å². The number of carbonyl (C=O) groups excluding carboxylic acids is 1. The summed E-state index contributed by atoms with van der Waals surface area (Å²) in [4.78, 5) is 22.8. The molecule has 0 saturated carbocycles. The Morgan fingerprint density at radius 3 is 2.26 bits per heavy atom. The maximum absolute atomic E-state index is 12.0. The Kier molecular flexibility index (Phi) is 6.17. The van der Waals surface area contributed by atoms with Crippen LogP contribution < -0.4 is 5.32 Å². The molecule has 1 aliphatic rings. The van der Waals surface area contributed by atoms with Gasteiger partial charge >= 0.3 is 5.97 Å². The van der Waals surface area contributed by atoms with Crippen LogP contribution in [0, 0.1) is 0 Å². The number of carbonyl (C=O) groups is 2. The number of nitrogens with one attached hydrogen (secondary N) is 1. The molecule has 0 aliphatic heterocycles. The van der Waals surface area contributed by atoms with Crippen molar-refractivity contribution in [2.45, 2.75) is 45.1 Å². The molecule has 3 aromatic carbocycles. The number of hydrogen-bond donors (Lipinski definition) is 2. The normalized spacial score (nSPS) is 14.4. The lowest BCUT2D eigenvalue weighted by Crippen LogP contribution is -2.31. The minimum atomic E-state index is -0.770. The van der Waals surface area contributed by atoms with Crippen LogP contribution in [-0.2, 0) is 35.3 Å². The van der Waals surface area contributed by atoms with Gasteiger partial charge in [-0.2, -0.15) is 0 Å². The maximum Gasteiger partial charge on any atom is 0.303 e. The molecule has 2 N–H and O–H groups in total. The van der Waals surface area contributed by atoms with Gasteiger partial charge in [0.25, 0.3) is 0 Å². The summed E-state index contributed by atoms with van der Waals surface area (Å²) in [5.74, 6) is -0.798. The molecule has 1 unspecified atom stereocenters. The van der Waals surface area contributed by atoms with E-state index in [2.05, 4.69) is 53.8 Å². The molecular formula is C27H27NO3. The van der Waals surface area contributed by atoms with Gasteiger partial charge < -0.3 is 10.4 Å². The van der Waals surface area contributed by atoms with E-state index in [0.29, 0.717) is 6.42 Å². The Bertz CT molecular complexity index is 1100. The molecule has 0 radical (unpaired) electrons. The Hall–Kier alpha value is -3.40. The SMILES string of the molecule is CC(=O)NC1c2ccccc2Cc2cccc(CCc3ccc(CCC(=O)O)cc3)c21. The highest BCUT2D eigenvalue weighted by atomic mass is 16.4. The molecule has 0 bridgehead atoms. The fourth-order valence-corrected chi connectivity index (χ4v) is 4.50. The van der Waals surface area contributed by atoms with Crippen molar-refractivity contribution in [2.24, 2.45) is 0 Å². The molecular weight excluding hydrogens is 386 g/mol. The molecule has 4 rings (SSSR count). The van der Waals surface area contributed by atoms with Crippen LogP contribution in [0.4, 0.5) is 0 Å². The standard InChI is InChI=1S/C27H27NO3/c1-18(29)28-27-24-8-3-2-5-22(24)17-23-7-4-6-21(26(23)27)15-13-19-9-11-20(12-10-19)14-16-25(30)31/h2-12,27H,13-17H2,1H3,(H,28,29)(H,30,31). The van der Waals surface area contributed by atoms with Gasteiger partial charge in [0.2, 0.25) is 5.91 Å². The Morgan fingerprint density at radius 1 is 0.871 bits per heavy atom. The predicted molar refractivity (Wildman–Crippen MR) is 121 cm³/mol. The second-order valence-corrected chi connectivity index (χ2v) is 8.21. The number of fused-ring (bicyclic) bond motifs is 2. The summed E-state index contributed by atoms with van der Waals surface area (Å²) in [5.41, 5.74) is 8.49. The van der Waals surface area contributed by atoms with Crippen LogP contribution in [0.15, 0.2) is 66.7 Å². The zero-order chi connectivity index (χ0) is 21.8. The van der Waals surface area contributed by atoms with Crippen molar-refractivity contribution < 1.29 is 14.7 Å². The van der Waals surface area contributed by atoms with Crippen molar-refractivity contribution in [3.63, 3.8) is 0 Å². The van der Waals surface area contributed by atoms with Gasteiger partial charge in [-0.15, -0.1) is 0 Å². The number of benzene rings is 3. The van der Waals surface area contributed by atoms with Gasteiger partial charge in [0.15, 0.2) is 0 Å². The third-order valence-electron chi connectivity index (χ3n) is 6.00. The fraction of sp³-hybridized carbons (Fsp3) is 0.259. The minimum Gasteiger partial charge on any atom is -0.481 e. The van der Waals surface area contributed by atoms with E-state index in [-0.39, 0.29) is 18.4 Å². The molecule has 1 amide bonds. The third kappa shape index (κ3) is 4.85. The number of aryl methyl sites for hydroxylation is 3. The lowest BCUT2D eigenvalue weighted by atomic mass is 9.79. The van der Waals surface area contributed by atoms with Crippen LogP contribution in [0.2, 0.25) is 0 Å². The topological polar surface area (TPSA) is 66.4 Å². The van der Waals surface area contributed by atoms with E-state index >= 15 is 0 Å². The Balaban J connectivity index is 1.56. The van der Waals surface area contributed by atoms with Crippen LogP contribution in [0.25, 0.3) is 0 Å². The number of carboxylic acids is 1. The monoisotopic (exact) mass is 413 g/mol. The van der Waals surface area contributed by atoms with Gasteiger partial charge in [-0.05, 0) is 64.6 Å². The average Bonchev–Trinajstić information content (AvgIpc) is 2.76. The molecule has 0 fully saturated rings. The van der Waals surface area contributed by atoms with Gasteiger partial charge in [0.1, 0.15) is 0 Å². The van der Waals surface area contributed by atoms with Crippen molar-refractivity contribution in [3.05, 3.63) is 106 Å². The van der Waals surface area contributed by atoms with Crippen molar-refractivity contribution in [1.29, 1.82) is 0 Å². The van der Waals surface area contributed by atoms with Crippen LogP contribution in [-0.4, -0.2) is 17.0 Å². The first-order valence-corrected chi connectivity index (χ1v) is 10.8. The van der Waals surface area contributed by atoms with Crippen molar-refractivity contribution in [3.8, 4) is 0 Å². The first-order valence-electron chi connectivity index (χ1n) is 10.8. The number of hydrogen-bond acceptors (Lipinski definition) is 2. The lowest BCUT2D eigenvalue weighted by molar-refractivity contribution is -0.137. The fourth-order valence-electron chi connectivity index (χ4n) is 4.50. The zero-order valence-electron chi connectivity index (χ0n) is 17.7. The second kappa shape index (κ2) is 9.17. The summed E-state index contributed by atoms with van der Waals surface area (Å²) in [7, 11) is 0. The first kappa shape index (κ1) is 20.9. The largest absolute Gasteiger partial charge is 0.481 e. The van der Waals surface area contributed by atoms with Crippen LogP contribution in [0.5, 0.6) is 0 Å². The Morgan fingerprint density at radius 2 is 1.55 bits per heavy atom. The zero-order valence-corrected chi connectivity index (χ0v) is 17.7. The van der Waals surface area contributed by atoms with Crippen molar-refractivity contribution >= 4 is 11.9 Å². The van der Waals surface area contributed by atoms with Gasteiger partial charge in [-0.25, -0.2) is 0 Å². The molecule has 0 spiro atoms. The summed E-state index contributed by atoms with van der Waals surface area (Å²) in [6.45, 7) is 1.57. The molecule has 0 aromatic heterocycles. The quantitative estimate of drug-likeness (QED) is 0.594. The first-order chi connectivity index (χ1) is 15.0. The number of aliphatic carboxylic acids is 1. The van der Waals surface area contributed by atoms with E-state index in [4.69, 9.17) is 5.11 Å². The molecule has 4 heteroatoms. The smallest absolute Gasteiger partial charge is 0.303 e. The summed E-state index contributed by atoms with van der Waals surface area (Å²) < 4.78 is 0.